The number of fused-ring (bicyclic) bond motifs is 1. The van der Waals surface area contributed by atoms with Crippen LogP contribution >= 0.6 is 0 Å². The molecule has 1 fully saturated rings. The number of aromatic nitrogens is 4. The zero-order chi connectivity index (χ0) is 16.0. The highest BCUT2D eigenvalue weighted by molar-refractivity contribution is 5.84. The number of imidazole rings is 1. The lowest BCUT2D eigenvalue weighted by molar-refractivity contribution is 0.0699. The van der Waals surface area contributed by atoms with Crippen LogP contribution in [0.15, 0.2) is 6.33 Å². The molecule has 22 heavy (non-hydrogen) atoms. The fraction of sp³-hybridized carbons (Fsp3) is 0.667. The minimum absolute atomic E-state index is 0.0965. The third kappa shape index (κ3) is 2.85. The molecule has 2 aromatic rings. The fourth-order valence-corrected chi connectivity index (χ4v) is 2.90. The van der Waals surface area contributed by atoms with Crippen molar-refractivity contribution in [3.05, 3.63) is 6.33 Å². The molecule has 0 saturated carbocycles. The second kappa shape index (κ2) is 5.08. The molecule has 7 heteroatoms. The Bertz CT molecular complexity index is 668. The molecule has 7 nitrogen and oxygen atoms in total. The lowest BCUT2D eigenvalue weighted by atomic mass is 9.83. The van der Waals surface area contributed by atoms with Gasteiger partial charge in [0.1, 0.15) is 5.52 Å². The van der Waals surface area contributed by atoms with Gasteiger partial charge in [0.15, 0.2) is 11.5 Å². The normalized spacial score (nSPS) is 17.6. The minimum Gasteiger partial charge on any atom is -0.384 e. The molecule has 0 atom stereocenters. The average Bonchev–Trinajstić information content (AvgIpc) is 2.81. The highest BCUT2D eigenvalue weighted by Crippen LogP contribution is 2.36. The smallest absolute Gasteiger partial charge is 0.227 e. The van der Waals surface area contributed by atoms with E-state index in [1.165, 1.54) is 0 Å². The maximum Gasteiger partial charge on any atom is 0.227 e. The van der Waals surface area contributed by atoms with Gasteiger partial charge in [-0.2, -0.15) is 9.97 Å². The summed E-state index contributed by atoms with van der Waals surface area (Å²) >= 11 is 0. The minimum atomic E-state index is -0.0965. The lowest BCUT2D eigenvalue weighted by Gasteiger charge is -2.48. The Morgan fingerprint density at radius 2 is 2.09 bits per heavy atom. The monoisotopic (exact) mass is 304 g/mol. The Hall–Kier alpha value is -1.89. The SMILES string of the molecule is COCC1(C)CN(c2nc(NC(C)(C)C)nc3nc[nH]c23)C1. The molecule has 0 aliphatic carbocycles. The first-order valence-electron chi connectivity index (χ1n) is 7.53. The summed E-state index contributed by atoms with van der Waals surface area (Å²) in [7, 11) is 1.75. The van der Waals surface area contributed by atoms with Crippen molar-refractivity contribution < 1.29 is 4.74 Å². The third-order valence-corrected chi connectivity index (χ3v) is 3.69. The number of hydrogen-bond acceptors (Lipinski definition) is 6. The number of nitrogens with zero attached hydrogens (tertiary/aromatic N) is 4. The van der Waals surface area contributed by atoms with Crippen molar-refractivity contribution in [1.29, 1.82) is 0 Å². The van der Waals surface area contributed by atoms with Gasteiger partial charge in [-0.1, -0.05) is 6.92 Å². The summed E-state index contributed by atoms with van der Waals surface area (Å²) in [6, 6.07) is 0. The van der Waals surface area contributed by atoms with E-state index in [0.717, 1.165) is 31.0 Å². The predicted molar refractivity (Wildman–Crippen MR) is 87.3 cm³/mol. The van der Waals surface area contributed by atoms with Crippen LogP contribution in [0.25, 0.3) is 11.2 Å². The van der Waals surface area contributed by atoms with Gasteiger partial charge in [0.2, 0.25) is 5.95 Å². The number of methoxy groups -OCH3 is 1. The molecule has 0 amide bonds. The molecule has 120 valence electrons. The molecule has 2 aromatic heterocycles. The highest BCUT2D eigenvalue weighted by atomic mass is 16.5. The Kier molecular flexibility index (Phi) is 3.47. The molecule has 0 aromatic carbocycles. The zero-order valence-corrected chi connectivity index (χ0v) is 13.9. The van der Waals surface area contributed by atoms with Crippen LogP contribution in [0.5, 0.6) is 0 Å². The second-order valence-electron chi connectivity index (χ2n) is 7.45. The van der Waals surface area contributed by atoms with Crippen LogP contribution in [0.3, 0.4) is 0 Å². The number of ether oxygens (including phenoxy) is 1. The van der Waals surface area contributed by atoms with Crippen LogP contribution < -0.4 is 10.2 Å². The summed E-state index contributed by atoms with van der Waals surface area (Å²) in [5, 5.41) is 3.32. The van der Waals surface area contributed by atoms with Crippen molar-refractivity contribution in [3.8, 4) is 0 Å². The largest absolute Gasteiger partial charge is 0.384 e. The first-order valence-corrected chi connectivity index (χ1v) is 7.53. The maximum atomic E-state index is 5.30. The maximum absolute atomic E-state index is 5.30. The second-order valence-corrected chi connectivity index (χ2v) is 7.45. The van der Waals surface area contributed by atoms with Gasteiger partial charge in [-0.25, -0.2) is 4.98 Å². The van der Waals surface area contributed by atoms with Crippen molar-refractivity contribution in [2.45, 2.75) is 33.2 Å². The molecule has 1 aliphatic rings. The Labute approximate surface area is 130 Å². The molecular weight excluding hydrogens is 280 g/mol. The van der Waals surface area contributed by atoms with Crippen LogP contribution in [-0.4, -0.2) is 52.3 Å². The van der Waals surface area contributed by atoms with E-state index < -0.39 is 0 Å². The summed E-state index contributed by atoms with van der Waals surface area (Å²) in [4.78, 5) is 18.9. The highest BCUT2D eigenvalue weighted by Gasteiger charge is 2.40. The van der Waals surface area contributed by atoms with Crippen LogP contribution in [0, 0.1) is 5.41 Å². The Morgan fingerprint density at radius 1 is 1.36 bits per heavy atom. The van der Waals surface area contributed by atoms with Gasteiger partial charge in [-0.05, 0) is 20.8 Å². The lowest BCUT2D eigenvalue weighted by Crippen LogP contribution is -2.57. The van der Waals surface area contributed by atoms with E-state index in [4.69, 9.17) is 9.72 Å². The standard InChI is InChI=1S/C15H24N6O/c1-14(2,3)20-13-18-11-10(16-9-17-11)12(19-13)21-6-15(4,7-21)8-22-5/h9H,6-8H2,1-5H3,(H2,16,17,18,19,20). The van der Waals surface area contributed by atoms with Crippen molar-refractivity contribution in [3.63, 3.8) is 0 Å². The van der Waals surface area contributed by atoms with Crippen molar-refractivity contribution in [1.82, 2.24) is 19.9 Å². The van der Waals surface area contributed by atoms with Crippen molar-refractivity contribution in [2.75, 3.05) is 37.0 Å². The topological polar surface area (TPSA) is 79.0 Å². The first-order chi connectivity index (χ1) is 10.3. The third-order valence-electron chi connectivity index (χ3n) is 3.69. The molecule has 3 rings (SSSR count). The summed E-state index contributed by atoms with van der Waals surface area (Å²) in [6.07, 6.45) is 1.66. The van der Waals surface area contributed by atoms with E-state index in [-0.39, 0.29) is 11.0 Å². The van der Waals surface area contributed by atoms with Gasteiger partial charge in [0.05, 0.1) is 12.9 Å². The van der Waals surface area contributed by atoms with Gasteiger partial charge in [-0.3, -0.25) is 0 Å². The Balaban J connectivity index is 1.90. The van der Waals surface area contributed by atoms with Crippen LogP contribution in [0.2, 0.25) is 0 Å². The summed E-state index contributed by atoms with van der Waals surface area (Å²) in [6.45, 7) is 11.1. The van der Waals surface area contributed by atoms with E-state index in [2.05, 4.69) is 52.9 Å². The fourth-order valence-electron chi connectivity index (χ4n) is 2.90. The van der Waals surface area contributed by atoms with Crippen LogP contribution in [0.4, 0.5) is 11.8 Å². The van der Waals surface area contributed by atoms with Crippen LogP contribution in [0.1, 0.15) is 27.7 Å². The molecule has 1 saturated heterocycles. The number of rotatable bonds is 4. The summed E-state index contributed by atoms with van der Waals surface area (Å²) in [5.74, 6) is 1.52. The number of H-pyrrole nitrogens is 1. The summed E-state index contributed by atoms with van der Waals surface area (Å²) < 4.78 is 5.30. The number of hydrogen-bond donors (Lipinski definition) is 2. The van der Waals surface area contributed by atoms with Gasteiger partial charge in [-0.15, -0.1) is 0 Å². The van der Waals surface area contributed by atoms with E-state index >= 15 is 0 Å². The first kappa shape index (κ1) is 15.0. The zero-order valence-electron chi connectivity index (χ0n) is 13.9. The van der Waals surface area contributed by atoms with Crippen LogP contribution in [-0.2, 0) is 4.74 Å². The summed E-state index contributed by atoms with van der Waals surface area (Å²) in [5.41, 5.74) is 1.67. The van der Waals surface area contributed by atoms with Gasteiger partial charge < -0.3 is 19.9 Å². The molecule has 3 heterocycles. The molecule has 0 bridgehead atoms. The van der Waals surface area contributed by atoms with Gasteiger partial charge in [0.25, 0.3) is 0 Å². The number of aromatic amines is 1. The van der Waals surface area contributed by atoms with Crippen molar-refractivity contribution >= 4 is 22.9 Å². The quantitative estimate of drug-likeness (QED) is 0.900. The number of nitrogens with one attached hydrogen (secondary N) is 2. The molecule has 0 radical (unpaired) electrons. The van der Waals surface area contributed by atoms with E-state index in [1.807, 2.05) is 0 Å². The van der Waals surface area contributed by atoms with Gasteiger partial charge in [0, 0.05) is 31.2 Å². The molecule has 1 aliphatic heterocycles. The number of anilines is 2. The molecule has 2 N–H and O–H groups in total. The predicted octanol–water partition coefficient (Wildman–Crippen LogP) is 2.04. The molecular formula is C15H24N6O. The molecule has 0 unspecified atom stereocenters. The van der Waals surface area contributed by atoms with E-state index in [9.17, 15) is 0 Å². The van der Waals surface area contributed by atoms with E-state index in [0.29, 0.717) is 11.6 Å². The van der Waals surface area contributed by atoms with Crippen molar-refractivity contribution in [2.24, 2.45) is 5.41 Å². The van der Waals surface area contributed by atoms with Gasteiger partial charge >= 0.3 is 0 Å². The molecule has 0 spiro atoms. The average molecular weight is 304 g/mol. The van der Waals surface area contributed by atoms with E-state index in [1.54, 1.807) is 13.4 Å². The Morgan fingerprint density at radius 3 is 2.73 bits per heavy atom.